The maximum Gasteiger partial charge on any atom is 0.118 e. The molecule has 0 aliphatic heterocycles. The molecule has 0 bridgehead atoms. The van der Waals surface area contributed by atoms with E-state index in [9.17, 15) is 0 Å². The number of benzene rings is 1. The van der Waals surface area contributed by atoms with Gasteiger partial charge in [-0.25, -0.2) is 0 Å². The molecule has 102 valence electrons. The molecule has 1 N–H and O–H groups in total. The van der Waals surface area contributed by atoms with Crippen molar-refractivity contribution in [2.24, 2.45) is 0 Å². The summed E-state index contributed by atoms with van der Waals surface area (Å²) in [7, 11) is 3.86. The highest BCUT2D eigenvalue weighted by Crippen LogP contribution is 2.22. The second-order valence-corrected chi connectivity index (χ2v) is 4.62. The Bertz CT molecular complexity index is 337. The highest BCUT2D eigenvalue weighted by molar-refractivity contribution is 5.29. The van der Waals surface area contributed by atoms with Gasteiger partial charge in [-0.2, -0.15) is 0 Å². The summed E-state index contributed by atoms with van der Waals surface area (Å²) in [5.41, 5.74) is 1.31. The number of nitrogens with zero attached hydrogens (tertiary/aromatic N) is 1. The maximum atomic E-state index is 5.21. The van der Waals surface area contributed by atoms with Gasteiger partial charge in [0, 0.05) is 12.1 Å². The van der Waals surface area contributed by atoms with Gasteiger partial charge in [0.05, 0.1) is 7.11 Å². The average Bonchev–Trinajstić information content (AvgIpc) is 2.43. The Kier molecular flexibility index (Phi) is 6.16. The molecule has 2 unspecified atom stereocenters. The van der Waals surface area contributed by atoms with Gasteiger partial charge in [0.25, 0.3) is 0 Å². The van der Waals surface area contributed by atoms with Gasteiger partial charge in [-0.1, -0.05) is 26.0 Å². The molecule has 18 heavy (non-hydrogen) atoms. The molecule has 0 saturated heterocycles. The Balaban J connectivity index is 2.88. The SMILES string of the molecule is CCNC(c1ccc(OC)cc1)C(C)N(C)CC. The normalized spacial score (nSPS) is 14.6. The van der Waals surface area contributed by atoms with E-state index in [1.165, 1.54) is 5.56 Å². The van der Waals surface area contributed by atoms with E-state index in [-0.39, 0.29) is 0 Å². The Morgan fingerprint density at radius 3 is 2.28 bits per heavy atom. The van der Waals surface area contributed by atoms with Crippen molar-refractivity contribution in [3.8, 4) is 5.75 Å². The monoisotopic (exact) mass is 250 g/mol. The summed E-state index contributed by atoms with van der Waals surface area (Å²) in [6, 6.07) is 9.16. The molecule has 3 heteroatoms. The second kappa shape index (κ2) is 7.39. The topological polar surface area (TPSA) is 24.5 Å². The number of likely N-dealkylation sites (N-methyl/N-ethyl adjacent to an activating group) is 2. The minimum atomic E-state index is 0.353. The summed E-state index contributed by atoms with van der Waals surface area (Å²) in [5, 5.41) is 3.57. The molecule has 1 aromatic carbocycles. The minimum absolute atomic E-state index is 0.353. The van der Waals surface area contributed by atoms with E-state index in [4.69, 9.17) is 4.74 Å². The predicted octanol–water partition coefficient (Wildman–Crippen LogP) is 2.69. The summed E-state index contributed by atoms with van der Waals surface area (Å²) < 4.78 is 5.21. The molecule has 0 aromatic heterocycles. The molecule has 0 aliphatic rings. The molecular formula is C15H26N2O. The van der Waals surface area contributed by atoms with Crippen LogP contribution in [0.4, 0.5) is 0 Å². The zero-order valence-electron chi connectivity index (χ0n) is 12.2. The van der Waals surface area contributed by atoms with E-state index in [2.05, 4.69) is 50.2 Å². The van der Waals surface area contributed by atoms with Crippen LogP contribution in [0.25, 0.3) is 0 Å². The molecule has 3 nitrogen and oxygen atoms in total. The van der Waals surface area contributed by atoms with Gasteiger partial charge in [0.15, 0.2) is 0 Å². The number of rotatable bonds is 7. The third-order valence-electron chi connectivity index (χ3n) is 3.58. The third-order valence-corrected chi connectivity index (χ3v) is 3.58. The van der Waals surface area contributed by atoms with Gasteiger partial charge in [-0.3, -0.25) is 0 Å². The third kappa shape index (κ3) is 3.72. The van der Waals surface area contributed by atoms with Crippen molar-refractivity contribution >= 4 is 0 Å². The van der Waals surface area contributed by atoms with E-state index in [0.29, 0.717) is 12.1 Å². The average molecular weight is 250 g/mol. The first-order chi connectivity index (χ1) is 8.63. The van der Waals surface area contributed by atoms with Crippen LogP contribution in [0.3, 0.4) is 0 Å². The zero-order chi connectivity index (χ0) is 13.5. The fraction of sp³-hybridized carbons (Fsp3) is 0.600. The van der Waals surface area contributed by atoms with Gasteiger partial charge in [0.2, 0.25) is 0 Å². The molecular weight excluding hydrogens is 224 g/mol. The number of hydrogen-bond donors (Lipinski definition) is 1. The fourth-order valence-corrected chi connectivity index (χ4v) is 2.14. The summed E-state index contributed by atoms with van der Waals surface area (Å²) in [4.78, 5) is 2.36. The molecule has 0 radical (unpaired) electrons. The molecule has 2 atom stereocenters. The van der Waals surface area contributed by atoms with Crippen molar-refractivity contribution in [3.05, 3.63) is 29.8 Å². The quantitative estimate of drug-likeness (QED) is 0.805. The Labute approximate surface area is 111 Å². The number of nitrogens with one attached hydrogen (secondary N) is 1. The molecule has 0 amide bonds. The van der Waals surface area contributed by atoms with Crippen LogP contribution in [0.15, 0.2) is 24.3 Å². The van der Waals surface area contributed by atoms with E-state index in [1.807, 2.05) is 12.1 Å². The van der Waals surface area contributed by atoms with Crippen LogP contribution in [0, 0.1) is 0 Å². The summed E-state index contributed by atoms with van der Waals surface area (Å²) in [6.45, 7) is 8.63. The highest BCUT2D eigenvalue weighted by Gasteiger charge is 2.21. The summed E-state index contributed by atoms with van der Waals surface area (Å²) in [5.74, 6) is 0.908. The Morgan fingerprint density at radius 1 is 1.22 bits per heavy atom. The molecule has 0 aliphatic carbocycles. The van der Waals surface area contributed by atoms with Gasteiger partial charge in [0.1, 0.15) is 5.75 Å². The van der Waals surface area contributed by atoms with Crippen molar-refractivity contribution in [1.29, 1.82) is 0 Å². The minimum Gasteiger partial charge on any atom is -0.497 e. The van der Waals surface area contributed by atoms with Crippen molar-refractivity contribution in [1.82, 2.24) is 10.2 Å². The lowest BCUT2D eigenvalue weighted by Gasteiger charge is -2.32. The molecule has 1 aromatic rings. The van der Waals surface area contributed by atoms with Crippen molar-refractivity contribution in [2.45, 2.75) is 32.9 Å². The molecule has 0 fully saturated rings. The molecule has 0 spiro atoms. The summed E-state index contributed by atoms with van der Waals surface area (Å²) in [6.07, 6.45) is 0. The van der Waals surface area contributed by atoms with Crippen LogP contribution in [0.2, 0.25) is 0 Å². The van der Waals surface area contributed by atoms with E-state index in [1.54, 1.807) is 7.11 Å². The van der Waals surface area contributed by atoms with Gasteiger partial charge in [-0.15, -0.1) is 0 Å². The predicted molar refractivity (Wildman–Crippen MR) is 77.2 cm³/mol. The van der Waals surface area contributed by atoms with Crippen LogP contribution >= 0.6 is 0 Å². The van der Waals surface area contributed by atoms with Crippen LogP contribution in [-0.2, 0) is 0 Å². The van der Waals surface area contributed by atoms with Crippen LogP contribution in [0.5, 0.6) is 5.75 Å². The Morgan fingerprint density at radius 2 is 1.83 bits per heavy atom. The van der Waals surface area contributed by atoms with Gasteiger partial charge >= 0.3 is 0 Å². The largest absolute Gasteiger partial charge is 0.497 e. The lowest BCUT2D eigenvalue weighted by atomic mass is 9.99. The standard InChI is InChI=1S/C15H26N2O/c1-6-16-15(12(3)17(4)7-2)13-8-10-14(18-5)11-9-13/h8-12,15-16H,6-7H2,1-5H3. The number of ether oxygens (including phenoxy) is 1. The molecule has 0 heterocycles. The summed E-state index contributed by atoms with van der Waals surface area (Å²) >= 11 is 0. The van der Waals surface area contributed by atoms with E-state index < -0.39 is 0 Å². The zero-order valence-corrected chi connectivity index (χ0v) is 12.2. The molecule has 1 rings (SSSR count). The smallest absolute Gasteiger partial charge is 0.118 e. The molecule has 0 saturated carbocycles. The van der Waals surface area contributed by atoms with Crippen molar-refractivity contribution < 1.29 is 4.74 Å². The first-order valence-electron chi connectivity index (χ1n) is 6.71. The lowest BCUT2D eigenvalue weighted by Crippen LogP contribution is -2.40. The fourth-order valence-electron chi connectivity index (χ4n) is 2.14. The maximum absolute atomic E-state index is 5.21. The van der Waals surface area contributed by atoms with Gasteiger partial charge in [-0.05, 0) is 44.8 Å². The van der Waals surface area contributed by atoms with E-state index in [0.717, 1.165) is 18.8 Å². The number of methoxy groups -OCH3 is 1. The second-order valence-electron chi connectivity index (χ2n) is 4.62. The van der Waals surface area contributed by atoms with E-state index >= 15 is 0 Å². The van der Waals surface area contributed by atoms with Crippen molar-refractivity contribution in [3.63, 3.8) is 0 Å². The Hall–Kier alpha value is -1.06. The lowest BCUT2D eigenvalue weighted by molar-refractivity contribution is 0.217. The van der Waals surface area contributed by atoms with Crippen LogP contribution < -0.4 is 10.1 Å². The highest BCUT2D eigenvalue weighted by atomic mass is 16.5. The number of hydrogen-bond acceptors (Lipinski definition) is 3. The first-order valence-corrected chi connectivity index (χ1v) is 6.71. The van der Waals surface area contributed by atoms with Crippen LogP contribution in [0.1, 0.15) is 32.4 Å². The van der Waals surface area contributed by atoms with Crippen molar-refractivity contribution in [2.75, 3.05) is 27.2 Å². The van der Waals surface area contributed by atoms with Gasteiger partial charge < -0.3 is 15.0 Å². The first kappa shape index (κ1) is 15.0. The van der Waals surface area contributed by atoms with Crippen LogP contribution in [-0.4, -0.2) is 38.2 Å².